The van der Waals surface area contributed by atoms with Crippen molar-refractivity contribution in [2.45, 2.75) is 13.2 Å². The van der Waals surface area contributed by atoms with Gasteiger partial charge in [-0.1, -0.05) is 36.4 Å². The van der Waals surface area contributed by atoms with Crippen molar-refractivity contribution in [3.63, 3.8) is 0 Å². The Morgan fingerprint density at radius 2 is 1.86 bits per heavy atom. The smallest absolute Gasteiger partial charge is 0.341 e. The summed E-state index contributed by atoms with van der Waals surface area (Å²) in [7, 11) is 3.23. The van der Waals surface area contributed by atoms with Gasteiger partial charge in [0.15, 0.2) is 0 Å². The van der Waals surface area contributed by atoms with Crippen LogP contribution in [0.1, 0.15) is 21.5 Å². The maximum absolute atomic E-state index is 11.9. The van der Waals surface area contributed by atoms with Gasteiger partial charge in [-0.05, 0) is 30.3 Å². The summed E-state index contributed by atoms with van der Waals surface area (Å²) in [6, 6.07) is 15.4. The molecule has 2 rings (SSSR count). The van der Waals surface area contributed by atoms with Crippen LogP contribution in [-0.4, -0.2) is 20.1 Å². The van der Waals surface area contributed by atoms with Crippen LogP contribution >= 0.6 is 0 Å². The molecule has 0 radical (unpaired) electrons. The highest BCUT2D eigenvalue weighted by Gasteiger charge is 2.14. The standard InChI is InChI=1S/C17H19NO3/c1-18-11-14-8-9-16(15(10-14)17(19)20-2)21-12-13-6-4-3-5-7-13/h3-10,18H,11-12H2,1-2H3. The van der Waals surface area contributed by atoms with Crippen molar-refractivity contribution in [1.29, 1.82) is 0 Å². The number of esters is 1. The molecule has 0 aliphatic heterocycles. The van der Waals surface area contributed by atoms with Gasteiger partial charge >= 0.3 is 5.97 Å². The largest absolute Gasteiger partial charge is 0.488 e. The molecule has 0 fully saturated rings. The van der Waals surface area contributed by atoms with Gasteiger partial charge < -0.3 is 14.8 Å². The molecule has 0 bridgehead atoms. The van der Waals surface area contributed by atoms with E-state index in [0.717, 1.165) is 11.1 Å². The van der Waals surface area contributed by atoms with Crippen molar-refractivity contribution in [3.8, 4) is 5.75 Å². The van der Waals surface area contributed by atoms with E-state index in [-0.39, 0.29) is 0 Å². The highest BCUT2D eigenvalue weighted by molar-refractivity contribution is 5.92. The molecule has 4 heteroatoms. The second kappa shape index (κ2) is 7.45. The lowest BCUT2D eigenvalue weighted by Gasteiger charge is -2.12. The Morgan fingerprint density at radius 3 is 2.52 bits per heavy atom. The number of hydrogen-bond acceptors (Lipinski definition) is 4. The zero-order chi connectivity index (χ0) is 15.1. The van der Waals surface area contributed by atoms with E-state index < -0.39 is 5.97 Å². The summed E-state index contributed by atoms with van der Waals surface area (Å²) in [5.74, 6) is 0.140. The quantitative estimate of drug-likeness (QED) is 0.829. The number of nitrogens with one attached hydrogen (secondary N) is 1. The molecule has 0 aliphatic carbocycles. The molecule has 0 spiro atoms. The Bertz CT molecular complexity index is 596. The Morgan fingerprint density at radius 1 is 1.10 bits per heavy atom. The van der Waals surface area contributed by atoms with Gasteiger partial charge in [0.05, 0.1) is 7.11 Å². The zero-order valence-corrected chi connectivity index (χ0v) is 12.3. The van der Waals surface area contributed by atoms with Gasteiger partial charge in [-0.3, -0.25) is 0 Å². The number of carbonyl (C=O) groups excluding carboxylic acids is 1. The highest BCUT2D eigenvalue weighted by Crippen LogP contribution is 2.22. The summed E-state index contributed by atoms with van der Waals surface area (Å²) in [5.41, 5.74) is 2.50. The molecule has 0 amide bonds. The van der Waals surface area contributed by atoms with Gasteiger partial charge in [0.1, 0.15) is 17.9 Å². The summed E-state index contributed by atoms with van der Waals surface area (Å²) >= 11 is 0. The molecule has 0 aliphatic rings. The monoisotopic (exact) mass is 285 g/mol. The van der Waals surface area contributed by atoms with Crippen molar-refractivity contribution in [1.82, 2.24) is 5.32 Å². The van der Waals surface area contributed by atoms with Crippen molar-refractivity contribution in [3.05, 3.63) is 65.2 Å². The Balaban J connectivity index is 2.19. The number of carbonyl (C=O) groups is 1. The van der Waals surface area contributed by atoms with Gasteiger partial charge in [-0.2, -0.15) is 0 Å². The molecule has 1 N–H and O–H groups in total. The second-order valence-electron chi connectivity index (χ2n) is 4.63. The summed E-state index contributed by atoms with van der Waals surface area (Å²) in [6.45, 7) is 1.10. The summed E-state index contributed by atoms with van der Waals surface area (Å²) < 4.78 is 10.6. The van der Waals surface area contributed by atoms with E-state index in [1.807, 2.05) is 49.5 Å². The van der Waals surface area contributed by atoms with Crippen LogP contribution < -0.4 is 10.1 Å². The Hall–Kier alpha value is -2.33. The lowest BCUT2D eigenvalue weighted by atomic mass is 10.1. The molecule has 0 atom stereocenters. The number of hydrogen-bond donors (Lipinski definition) is 1. The SMILES string of the molecule is CNCc1ccc(OCc2ccccc2)c(C(=O)OC)c1. The minimum absolute atomic E-state index is 0.393. The first-order valence-corrected chi connectivity index (χ1v) is 6.77. The molecule has 0 unspecified atom stereocenters. The third kappa shape index (κ3) is 4.07. The molecule has 4 nitrogen and oxygen atoms in total. The van der Waals surface area contributed by atoms with Gasteiger partial charge in [-0.15, -0.1) is 0 Å². The highest BCUT2D eigenvalue weighted by atomic mass is 16.5. The third-order valence-corrected chi connectivity index (χ3v) is 3.07. The van der Waals surface area contributed by atoms with Crippen LogP contribution in [0, 0.1) is 0 Å². The topological polar surface area (TPSA) is 47.6 Å². The van der Waals surface area contributed by atoms with Crippen LogP contribution in [0.3, 0.4) is 0 Å². The maximum atomic E-state index is 11.9. The number of ether oxygens (including phenoxy) is 2. The van der Waals surface area contributed by atoms with E-state index in [2.05, 4.69) is 5.32 Å². The van der Waals surface area contributed by atoms with E-state index in [9.17, 15) is 4.79 Å². The van der Waals surface area contributed by atoms with E-state index in [4.69, 9.17) is 9.47 Å². The minimum atomic E-state index is -0.393. The van der Waals surface area contributed by atoms with E-state index in [0.29, 0.717) is 24.5 Å². The van der Waals surface area contributed by atoms with Crippen LogP contribution in [0.2, 0.25) is 0 Å². The van der Waals surface area contributed by atoms with Crippen molar-refractivity contribution in [2.24, 2.45) is 0 Å². The van der Waals surface area contributed by atoms with E-state index in [1.165, 1.54) is 7.11 Å². The van der Waals surface area contributed by atoms with Gasteiger partial charge in [-0.25, -0.2) is 4.79 Å². The molecule has 0 saturated heterocycles. The minimum Gasteiger partial charge on any atom is -0.488 e. The Labute approximate surface area is 124 Å². The third-order valence-electron chi connectivity index (χ3n) is 3.07. The van der Waals surface area contributed by atoms with Gasteiger partial charge in [0.25, 0.3) is 0 Å². The van der Waals surface area contributed by atoms with Crippen LogP contribution in [0.25, 0.3) is 0 Å². The van der Waals surface area contributed by atoms with Crippen LogP contribution in [0.4, 0.5) is 0 Å². The first kappa shape index (κ1) is 15.1. The molecule has 21 heavy (non-hydrogen) atoms. The second-order valence-corrected chi connectivity index (χ2v) is 4.63. The maximum Gasteiger partial charge on any atom is 0.341 e. The van der Waals surface area contributed by atoms with Gasteiger partial charge in [0.2, 0.25) is 0 Å². The number of benzene rings is 2. The molecular formula is C17H19NO3. The first-order chi connectivity index (χ1) is 10.2. The predicted octanol–water partition coefficient (Wildman–Crippen LogP) is 2.77. The van der Waals surface area contributed by atoms with Crippen LogP contribution in [0.5, 0.6) is 5.75 Å². The van der Waals surface area contributed by atoms with Crippen LogP contribution in [-0.2, 0) is 17.9 Å². The summed E-state index contributed by atoms with van der Waals surface area (Å²) in [4.78, 5) is 11.9. The molecule has 2 aromatic rings. The van der Waals surface area contributed by atoms with Crippen molar-refractivity contribution in [2.75, 3.05) is 14.2 Å². The average Bonchev–Trinajstić information content (AvgIpc) is 2.54. The molecule has 2 aromatic carbocycles. The van der Waals surface area contributed by atoms with Crippen LogP contribution in [0.15, 0.2) is 48.5 Å². The average molecular weight is 285 g/mol. The fraction of sp³-hybridized carbons (Fsp3) is 0.235. The summed E-state index contributed by atoms with van der Waals surface area (Å²) in [6.07, 6.45) is 0. The lowest BCUT2D eigenvalue weighted by molar-refractivity contribution is 0.0595. The fourth-order valence-corrected chi connectivity index (χ4v) is 2.02. The fourth-order valence-electron chi connectivity index (χ4n) is 2.02. The molecule has 0 aromatic heterocycles. The first-order valence-electron chi connectivity index (χ1n) is 6.77. The molecule has 110 valence electrons. The number of rotatable bonds is 6. The summed E-state index contributed by atoms with van der Waals surface area (Å²) in [5, 5.41) is 3.05. The normalized spacial score (nSPS) is 10.2. The number of methoxy groups -OCH3 is 1. The predicted molar refractivity (Wildman–Crippen MR) is 81.3 cm³/mol. The van der Waals surface area contributed by atoms with E-state index >= 15 is 0 Å². The van der Waals surface area contributed by atoms with E-state index in [1.54, 1.807) is 6.07 Å². The Kier molecular flexibility index (Phi) is 5.35. The molecule has 0 heterocycles. The van der Waals surface area contributed by atoms with Gasteiger partial charge in [0, 0.05) is 6.54 Å². The molecular weight excluding hydrogens is 266 g/mol. The molecule has 0 saturated carbocycles. The van der Waals surface area contributed by atoms with Crippen molar-refractivity contribution < 1.29 is 14.3 Å². The lowest BCUT2D eigenvalue weighted by Crippen LogP contribution is -2.09. The zero-order valence-electron chi connectivity index (χ0n) is 12.3. The van der Waals surface area contributed by atoms with Crippen molar-refractivity contribution >= 4 is 5.97 Å².